The van der Waals surface area contributed by atoms with Gasteiger partial charge in [-0.1, -0.05) is 164 Å². The molecule has 0 atom stereocenters. The van der Waals surface area contributed by atoms with Gasteiger partial charge in [0.1, 0.15) is 28.2 Å². The summed E-state index contributed by atoms with van der Waals surface area (Å²) in [6.45, 7) is 0. The van der Waals surface area contributed by atoms with Crippen molar-refractivity contribution in [3.05, 3.63) is 265 Å². The molecule has 0 aliphatic carbocycles. The molecule has 0 fully saturated rings. The van der Waals surface area contributed by atoms with Crippen LogP contribution in [0, 0.1) is 0 Å². The van der Waals surface area contributed by atoms with E-state index in [4.69, 9.17) is 28.8 Å². The zero-order valence-corrected chi connectivity index (χ0v) is 42.7. The fraction of sp³-hybridized carbons (Fsp3) is 0.0423. The van der Waals surface area contributed by atoms with Gasteiger partial charge in [-0.05, 0) is 90.2 Å². The number of rotatable bonds is 10. The van der Waals surface area contributed by atoms with Gasteiger partial charge in [0, 0.05) is 95.9 Å². The molecule has 0 aliphatic rings. The Morgan fingerprint density at radius 3 is 1.44 bits per heavy atom. The third-order valence-electron chi connectivity index (χ3n) is 15.7. The average Bonchev–Trinajstić information content (AvgIpc) is 4.37. The van der Waals surface area contributed by atoms with E-state index in [2.05, 4.69) is 216 Å². The second kappa shape index (κ2) is 18.1. The second-order valence-electron chi connectivity index (χ2n) is 20.4. The van der Waals surface area contributed by atoms with Gasteiger partial charge in [0.15, 0.2) is 11.6 Å². The summed E-state index contributed by atoms with van der Waals surface area (Å²) < 4.78 is 18.3. The van der Waals surface area contributed by atoms with Gasteiger partial charge >= 0.3 is 0 Å². The van der Waals surface area contributed by atoms with E-state index >= 15 is 0 Å². The maximum Gasteiger partial charge on any atom is 0.163 e. The van der Waals surface area contributed by atoms with Crippen molar-refractivity contribution in [1.29, 1.82) is 0 Å². The third-order valence-corrected chi connectivity index (χ3v) is 15.7. The largest absolute Gasteiger partial charge is 0.456 e. The topological polar surface area (TPSA) is 87.7 Å². The summed E-state index contributed by atoms with van der Waals surface area (Å²) >= 11 is 0. The Kier molecular flexibility index (Phi) is 10.3. The van der Waals surface area contributed by atoms with Crippen molar-refractivity contribution < 1.29 is 8.83 Å². The predicted octanol–water partition coefficient (Wildman–Crippen LogP) is 17.6. The highest BCUT2D eigenvalue weighted by Crippen LogP contribution is 2.43. The number of nitrogens with zero attached hydrogens (tertiary/aromatic N) is 6. The Hall–Kier alpha value is -10.4. The Bertz CT molecular complexity index is 4980. The first-order valence-corrected chi connectivity index (χ1v) is 26.9. The summed E-state index contributed by atoms with van der Waals surface area (Å²) in [7, 11) is 0. The molecule has 0 amide bonds. The molecule has 0 radical (unpaired) electrons. The van der Waals surface area contributed by atoms with Crippen LogP contribution in [0.25, 0.3) is 133 Å². The molecule has 0 saturated carbocycles. The SMILES string of the molecule is c1ccc(-c2nc(Cc3cc(CCc4cccc5oc6cc7c(cc6c45)c4ccccc4n7-c4ccccc4)cnc3-c3cccc4oc5cc6c(cc5c34)c3ccccc3n6-c3ccccc3)nc(-c3ccccc3)n2)cc1. The number of furan rings is 2. The van der Waals surface area contributed by atoms with Gasteiger partial charge in [-0.25, -0.2) is 15.0 Å². The fourth-order valence-corrected chi connectivity index (χ4v) is 12.2. The third kappa shape index (κ3) is 7.44. The number of hydrogen-bond donors (Lipinski definition) is 0. The van der Waals surface area contributed by atoms with Gasteiger partial charge in [0.05, 0.1) is 27.8 Å². The van der Waals surface area contributed by atoms with Gasteiger partial charge < -0.3 is 18.0 Å². The summed E-state index contributed by atoms with van der Waals surface area (Å²) in [4.78, 5) is 20.9. The zero-order chi connectivity index (χ0) is 52.0. The van der Waals surface area contributed by atoms with Crippen molar-refractivity contribution in [2.45, 2.75) is 19.3 Å². The molecular formula is C71H46N6O2. The minimum atomic E-state index is 0.411. The quantitative estimate of drug-likeness (QED) is 0.136. The lowest BCUT2D eigenvalue weighted by Gasteiger charge is -2.14. The first kappa shape index (κ1) is 44.8. The van der Waals surface area contributed by atoms with Crippen LogP contribution in [0.5, 0.6) is 0 Å². The number of aryl methyl sites for hydroxylation is 2. The zero-order valence-electron chi connectivity index (χ0n) is 42.7. The van der Waals surface area contributed by atoms with Crippen molar-refractivity contribution in [1.82, 2.24) is 29.1 Å². The Morgan fingerprint density at radius 1 is 0.354 bits per heavy atom. The van der Waals surface area contributed by atoms with Crippen molar-refractivity contribution >= 4 is 87.5 Å². The van der Waals surface area contributed by atoms with Gasteiger partial charge in [-0.15, -0.1) is 0 Å². The number of aromatic nitrogens is 6. The van der Waals surface area contributed by atoms with Crippen molar-refractivity contribution in [3.63, 3.8) is 0 Å². The van der Waals surface area contributed by atoms with Crippen LogP contribution in [0.2, 0.25) is 0 Å². The van der Waals surface area contributed by atoms with Crippen LogP contribution < -0.4 is 0 Å². The van der Waals surface area contributed by atoms with Crippen LogP contribution in [-0.2, 0) is 19.3 Å². The van der Waals surface area contributed by atoms with Gasteiger partial charge in [0.25, 0.3) is 0 Å². The molecule has 10 aromatic carbocycles. The number of benzene rings is 10. The number of para-hydroxylation sites is 4. The summed E-state index contributed by atoms with van der Waals surface area (Å²) in [5, 5.41) is 9.05. The minimum Gasteiger partial charge on any atom is -0.456 e. The molecule has 0 saturated heterocycles. The minimum absolute atomic E-state index is 0.411. The molecule has 8 heteroatoms. The molecule has 6 aromatic heterocycles. The van der Waals surface area contributed by atoms with E-state index < -0.39 is 0 Å². The van der Waals surface area contributed by atoms with E-state index in [1.165, 1.54) is 27.2 Å². The standard InChI is InChI=1S/C71H46N6O2/c1-5-19-46(20-6-1)70-73-66(74-71(75-70)47-21-7-2-8-22-47)38-48-37-44(35-36-45-23-17-33-62-67(45)56-39-54-51-28-13-15-31-58(51)76(49-24-9-3-10-25-49)60(54)41-64(56)78-62)43-72-69(48)53-30-18-34-63-68(53)57-40-55-52-29-14-16-32-59(52)77(50-26-11-4-12-27-50)61(55)42-65(57)79-63/h1-34,37,39-43H,35-36,38H2. The molecule has 79 heavy (non-hydrogen) atoms. The highest BCUT2D eigenvalue weighted by atomic mass is 16.3. The monoisotopic (exact) mass is 1010 g/mol. The highest BCUT2D eigenvalue weighted by molar-refractivity contribution is 6.21. The lowest BCUT2D eigenvalue weighted by Crippen LogP contribution is -2.06. The van der Waals surface area contributed by atoms with E-state index in [0.717, 1.165) is 124 Å². The molecule has 6 heterocycles. The second-order valence-corrected chi connectivity index (χ2v) is 20.4. The van der Waals surface area contributed by atoms with Gasteiger partial charge in [-0.2, -0.15) is 0 Å². The molecule has 8 nitrogen and oxygen atoms in total. The Morgan fingerprint density at radius 2 is 0.861 bits per heavy atom. The number of hydrogen-bond acceptors (Lipinski definition) is 6. The average molecular weight is 1020 g/mol. The molecule has 16 rings (SSSR count). The first-order valence-electron chi connectivity index (χ1n) is 26.9. The lowest BCUT2D eigenvalue weighted by atomic mass is 9.95. The molecule has 16 aromatic rings. The van der Waals surface area contributed by atoms with Crippen LogP contribution in [0.4, 0.5) is 0 Å². The number of fused-ring (bicyclic) bond motifs is 12. The maximum absolute atomic E-state index is 6.85. The molecule has 0 N–H and O–H groups in total. The molecule has 372 valence electrons. The molecule has 0 bridgehead atoms. The van der Waals surface area contributed by atoms with Crippen LogP contribution in [-0.4, -0.2) is 29.1 Å². The summed E-state index contributed by atoms with van der Waals surface area (Å²) in [5.74, 6) is 1.90. The number of pyridine rings is 1. The van der Waals surface area contributed by atoms with Crippen LogP contribution in [0.15, 0.2) is 252 Å². The van der Waals surface area contributed by atoms with Crippen LogP contribution in [0.1, 0.15) is 22.5 Å². The maximum atomic E-state index is 6.85. The van der Waals surface area contributed by atoms with Crippen molar-refractivity contribution in [3.8, 4) is 45.4 Å². The Labute approximate surface area is 453 Å². The van der Waals surface area contributed by atoms with E-state index in [0.29, 0.717) is 23.9 Å². The van der Waals surface area contributed by atoms with Crippen molar-refractivity contribution in [2.24, 2.45) is 0 Å². The van der Waals surface area contributed by atoms with Gasteiger partial charge in [0.2, 0.25) is 0 Å². The molecular weight excluding hydrogens is 969 g/mol. The van der Waals surface area contributed by atoms with Crippen LogP contribution in [0.3, 0.4) is 0 Å². The summed E-state index contributed by atoms with van der Waals surface area (Å²) in [6.07, 6.45) is 3.98. The van der Waals surface area contributed by atoms with E-state index in [-0.39, 0.29) is 0 Å². The first-order chi connectivity index (χ1) is 39.1. The smallest absolute Gasteiger partial charge is 0.163 e. The Balaban J connectivity index is 0.847. The molecule has 0 spiro atoms. The lowest BCUT2D eigenvalue weighted by molar-refractivity contribution is 0.668. The van der Waals surface area contributed by atoms with E-state index in [1.807, 2.05) is 36.4 Å². The van der Waals surface area contributed by atoms with Crippen LogP contribution >= 0.6 is 0 Å². The summed E-state index contributed by atoms with van der Waals surface area (Å²) in [6, 6.07) is 82.9. The fourth-order valence-electron chi connectivity index (χ4n) is 12.2. The van der Waals surface area contributed by atoms with Gasteiger partial charge in [-0.3, -0.25) is 4.98 Å². The highest BCUT2D eigenvalue weighted by Gasteiger charge is 2.23. The van der Waals surface area contributed by atoms with E-state index in [1.54, 1.807) is 0 Å². The predicted molar refractivity (Wildman–Crippen MR) is 320 cm³/mol. The normalized spacial score (nSPS) is 11.9. The van der Waals surface area contributed by atoms with E-state index in [9.17, 15) is 0 Å². The summed E-state index contributed by atoms with van der Waals surface area (Å²) in [5.41, 5.74) is 17.1. The molecule has 0 unspecified atom stereocenters. The van der Waals surface area contributed by atoms with Crippen molar-refractivity contribution in [2.75, 3.05) is 0 Å². The molecule has 0 aliphatic heterocycles.